The molecule has 1 fully saturated rings. The number of rotatable bonds is 17. The molecule has 4 atom stereocenters. The van der Waals surface area contributed by atoms with Crippen LogP contribution in [-0.2, 0) is 35.1 Å². The molecule has 1 aromatic carbocycles. The number of hydrogen-bond donors (Lipinski definition) is 2. The summed E-state index contributed by atoms with van der Waals surface area (Å²) in [5.74, 6) is -2.09. The average molecular weight is 732 g/mol. The molecule has 10 nitrogen and oxygen atoms in total. The second-order valence-corrected chi connectivity index (χ2v) is 16.0. The van der Waals surface area contributed by atoms with Crippen molar-refractivity contribution in [3.05, 3.63) is 70.3 Å². The van der Waals surface area contributed by atoms with Gasteiger partial charge < -0.3 is 20.3 Å². The summed E-state index contributed by atoms with van der Waals surface area (Å²) in [6.45, 7) is 16.8. The first-order valence-corrected chi connectivity index (χ1v) is 19.2. The van der Waals surface area contributed by atoms with Crippen molar-refractivity contribution in [3.8, 4) is 0 Å². The summed E-state index contributed by atoms with van der Waals surface area (Å²) in [7, 11) is 0. The third-order valence-electron chi connectivity index (χ3n) is 10.0. The Balaban J connectivity index is 1.81. The number of ketones is 3. The van der Waals surface area contributed by atoms with Gasteiger partial charge in [0.15, 0.2) is 17.3 Å². The first-order valence-electron chi connectivity index (χ1n) is 19.2. The molecule has 1 saturated heterocycles. The molecule has 1 aliphatic heterocycles. The van der Waals surface area contributed by atoms with Crippen LogP contribution in [0.1, 0.15) is 113 Å². The normalized spacial score (nSPS) is 18.5. The van der Waals surface area contributed by atoms with Crippen molar-refractivity contribution >= 4 is 35.3 Å². The summed E-state index contributed by atoms with van der Waals surface area (Å²) in [5, 5.41) is 5.79. The minimum absolute atomic E-state index is 0.0291. The summed E-state index contributed by atoms with van der Waals surface area (Å²) in [6.07, 6.45) is 7.46. The van der Waals surface area contributed by atoms with Gasteiger partial charge in [-0.25, -0.2) is 4.79 Å². The quantitative estimate of drug-likeness (QED) is 0.130. The van der Waals surface area contributed by atoms with Crippen LogP contribution in [0.15, 0.2) is 64.8 Å². The fourth-order valence-electron chi connectivity index (χ4n) is 6.95. The van der Waals surface area contributed by atoms with Gasteiger partial charge in [-0.05, 0) is 85.1 Å². The highest BCUT2D eigenvalue weighted by molar-refractivity contribution is 6.24. The number of unbranched alkanes of at least 4 members (excludes halogenated alkanes) is 1. The number of Topliss-reactive ketones (excluding diaryl/α,β-unsaturated/α-hetero) is 3. The third kappa shape index (κ3) is 12.6. The summed E-state index contributed by atoms with van der Waals surface area (Å²) in [6, 6.07) is 8.68. The molecule has 10 heteroatoms. The number of nitrogens with zero attached hydrogens (tertiary/aromatic N) is 1. The maximum absolute atomic E-state index is 14.4. The molecule has 53 heavy (non-hydrogen) atoms. The molecule has 3 amide bonds. The Morgan fingerprint density at radius 3 is 2.25 bits per heavy atom. The van der Waals surface area contributed by atoms with E-state index >= 15 is 0 Å². The number of hydrogen-bond acceptors (Lipinski definition) is 7. The van der Waals surface area contributed by atoms with E-state index in [1.54, 1.807) is 46.4 Å². The molecule has 0 unspecified atom stereocenters. The Labute approximate surface area is 316 Å². The Hall–Kier alpha value is -4.34. The van der Waals surface area contributed by atoms with E-state index in [0.29, 0.717) is 55.4 Å². The highest BCUT2D eigenvalue weighted by atomic mass is 16.6. The number of likely N-dealkylation sites (tertiary alicyclic amines) is 1. The highest BCUT2D eigenvalue weighted by Crippen LogP contribution is 2.28. The van der Waals surface area contributed by atoms with E-state index in [1.807, 2.05) is 49.4 Å². The zero-order valence-electron chi connectivity index (χ0n) is 33.3. The number of nitrogens with one attached hydrogen (secondary N) is 2. The van der Waals surface area contributed by atoms with Crippen LogP contribution in [0.4, 0.5) is 4.79 Å². The molecule has 1 aliphatic carbocycles. The second kappa shape index (κ2) is 19.7. The molecule has 1 heterocycles. The molecule has 3 rings (SSSR count). The first-order chi connectivity index (χ1) is 24.9. The van der Waals surface area contributed by atoms with Gasteiger partial charge in [0.1, 0.15) is 5.60 Å². The van der Waals surface area contributed by atoms with Gasteiger partial charge in [0.05, 0.1) is 18.0 Å². The number of carbonyl (C=O) groups is 6. The van der Waals surface area contributed by atoms with Gasteiger partial charge in [-0.2, -0.15) is 0 Å². The lowest BCUT2D eigenvalue weighted by Gasteiger charge is -2.29. The van der Waals surface area contributed by atoms with E-state index in [0.717, 1.165) is 18.4 Å². The number of carbonyl (C=O) groups excluding carboxylic acids is 6. The molecule has 0 radical (unpaired) electrons. The third-order valence-corrected chi connectivity index (χ3v) is 10.0. The summed E-state index contributed by atoms with van der Waals surface area (Å²) in [4.78, 5) is 81.9. The number of benzene rings is 1. The predicted molar refractivity (Wildman–Crippen MR) is 207 cm³/mol. The van der Waals surface area contributed by atoms with Crippen molar-refractivity contribution in [2.45, 2.75) is 131 Å². The topological polar surface area (TPSA) is 139 Å². The molecular formula is C43H61N3O7. The predicted octanol–water partition coefficient (Wildman–Crippen LogP) is 7.02. The molecule has 1 aromatic rings. The molecule has 2 aliphatic rings. The summed E-state index contributed by atoms with van der Waals surface area (Å²) in [5.41, 5.74) is 1.71. The number of ether oxygens (including phenoxy) is 1. The standard InChI is InChI=1S/C43H61N3O7/c1-10-11-18-32(40(50)44-26-35-30(6)38(48)28(4)29(5)39(35)49)25-37(47)36-19-15-22-46(36)41(51)33(24-31-16-13-12-14-17-31)20-21-34(23-27(2)3)45-42(52)53-43(7,8)9/h12-14,16-17,20-21,27,32-34,36H,10-11,15,18-19,22-26H2,1-9H3,(H,44,50)(H,45,52)/b21-20+/t32-,33-,34-,36+/m1/s1. The smallest absolute Gasteiger partial charge is 0.408 e. The summed E-state index contributed by atoms with van der Waals surface area (Å²) < 4.78 is 5.50. The molecule has 0 bridgehead atoms. The van der Waals surface area contributed by atoms with Crippen molar-refractivity contribution in [1.82, 2.24) is 15.5 Å². The monoisotopic (exact) mass is 731 g/mol. The van der Waals surface area contributed by atoms with E-state index in [4.69, 9.17) is 4.74 Å². The van der Waals surface area contributed by atoms with Crippen LogP contribution in [0.25, 0.3) is 0 Å². The van der Waals surface area contributed by atoms with Crippen LogP contribution in [0, 0.1) is 17.8 Å². The number of alkyl carbamates (subject to hydrolysis) is 1. The Bertz CT molecular complexity index is 1600. The van der Waals surface area contributed by atoms with Crippen molar-refractivity contribution in [1.29, 1.82) is 0 Å². The maximum atomic E-state index is 14.4. The number of allylic oxidation sites excluding steroid dienone is 3. The lowest BCUT2D eigenvalue weighted by Crippen LogP contribution is -2.45. The van der Waals surface area contributed by atoms with Crippen LogP contribution in [-0.4, -0.2) is 70.9 Å². The van der Waals surface area contributed by atoms with Gasteiger partial charge in [-0.15, -0.1) is 0 Å². The van der Waals surface area contributed by atoms with E-state index < -0.39 is 29.6 Å². The van der Waals surface area contributed by atoms with Gasteiger partial charge in [-0.1, -0.05) is 76.1 Å². The minimum atomic E-state index is -0.657. The fraction of sp³-hybridized carbons (Fsp3) is 0.581. The van der Waals surface area contributed by atoms with Crippen molar-refractivity contribution in [2.75, 3.05) is 13.1 Å². The van der Waals surface area contributed by atoms with Crippen LogP contribution < -0.4 is 10.6 Å². The Morgan fingerprint density at radius 2 is 1.62 bits per heavy atom. The van der Waals surface area contributed by atoms with Crippen LogP contribution in [0.5, 0.6) is 0 Å². The molecular weight excluding hydrogens is 670 g/mol. The SMILES string of the molecule is CCCC[C@H](CC(=O)[C@@H]1CCCN1C(=O)[C@H](/C=C/[C@H](CC(C)C)NC(=O)OC(C)(C)C)Cc1ccccc1)C(=O)NCC1=C(C)C(=O)C(C)=C(C)C1=O. The Kier molecular flexibility index (Phi) is 16.0. The average Bonchev–Trinajstić information content (AvgIpc) is 3.59. The van der Waals surface area contributed by atoms with Crippen LogP contribution in [0.3, 0.4) is 0 Å². The lowest BCUT2D eigenvalue weighted by molar-refractivity contribution is -0.140. The van der Waals surface area contributed by atoms with Gasteiger partial charge in [0.25, 0.3) is 0 Å². The van der Waals surface area contributed by atoms with Gasteiger partial charge in [-0.3, -0.25) is 24.0 Å². The van der Waals surface area contributed by atoms with E-state index in [1.165, 1.54) is 0 Å². The van der Waals surface area contributed by atoms with Crippen molar-refractivity contribution < 1.29 is 33.5 Å². The van der Waals surface area contributed by atoms with E-state index in [-0.39, 0.29) is 59.7 Å². The first kappa shape index (κ1) is 43.1. The summed E-state index contributed by atoms with van der Waals surface area (Å²) >= 11 is 0. The molecule has 0 aromatic heterocycles. The zero-order valence-corrected chi connectivity index (χ0v) is 33.3. The maximum Gasteiger partial charge on any atom is 0.408 e. The lowest BCUT2D eigenvalue weighted by atomic mass is 9.85. The van der Waals surface area contributed by atoms with Gasteiger partial charge in [0.2, 0.25) is 11.8 Å². The highest BCUT2D eigenvalue weighted by Gasteiger charge is 2.38. The zero-order chi connectivity index (χ0) is 39.5. The van der Waals surface area contributed by atoms with Gasteiger partial charge in [0, 0.05) is 47.7 Å². The van der Waals surface area contributed by atoms with Crippen LogP contribution in [0.2, 0.25) is 0 Å². The van der Waals surface area contributed by atoms with Crippen LogP contribution >= 0.6 is 0 Å². The minimum Gasteiger partial charge on any atom is -0.444 e. The largest absolute Gasteiger partial charge is 0.444 e. The van der Waals surface area contributed by atoms with Crippen molar-refractivity contribution in [2.24, 2.45) is 17.8 Å². The molecule has 0 saturated carbocycles. The molecule has 2 N–H and O–H groups in total. The van der Waals surface area contributed by atoms with E-state index in [9.17, 15) is 28.8 Å². The second-order valence-electron chi connectivity index (χ2n) is 16.0. The number of amides is 3. The van der Waals surface area contributed by atoms with Gasteiger partial charge >= 0.3 is 6.09 Å². The molecule has 0 spiro atoms. The van der Waals surface area contributed by atoms with Crippen molar-refractivity contribution in [3.63, 3.8) is 0 Å². The fourth-order valence-corrected chi connectivity index (χ4v) is 6.95. The molecule has 290 valence electrons. The van der Waals surface area contributed by atoms with E-state index in [2.05, 4.69) is 24.5 Å². The Morgan fingerprint density at radius 1 is 0.962 bits per heavy atom.